The molecule has 1 saturated heterocycles. The average Bonchev–Trinajstić information content (AvgIpc) is 2.90. The highest BCUT2D eigenvalue weighted by molar-refractivity contribution is 5.40. The van der Waals surface area contributed by atoms with Crippen molar-refractivity contribution in [2.45, 2.75) is 39.2 Å². The van der Waals surface area contributed by atoms with E-state index in [0.29, 0.717) is 12.6 Å². The Bertz CT molecular complexity index is 404. The molecule has 1 fully saturated rings. The predicted octanol–water partition coefficient (Wildman–Crippen LogP) is 0.898. The van der Waals surface area contributed by atoms with E-state index in [0.717, 1.165) is 36.8 Å². The number of anilines is 1. The molecular formula is C14H24N4O. The Morgan fingerprint density at radius 3 is 2.95 bits per heavy atom. The maximum atomic E-state index is 9.26. The fourth-order valence-corrected chi connectivity index (χ4v) is 2.55. The van der Waals surface area contributed by atoms with Crippen molar-refractivity contribution < 1.29 is 5.11 Å². The molecule has 0 spiro atoms. The number of hydrogen-bond acceptors (Lipinski definition) is 5. The van der Waals surface area contributed by atoms with Gasteiger partial charge in [0, 0.05) is 30.9 Å². The largest absolute Gasteiger partial charge is 0.395 e. The van der Waals surface area contributed by atoms with Crippen molar-refractivity contribution in [3.63, 3.8) is 0 Å². The van der Waals surface area contributed by atoms with Gasteiger partial charge in [0.2, 0.25) is 0 Å². The molecule has 2 heterocycles. The van der Waals surface area contributed by atoms with Gasteiger partial charge in [-0.25, -0.2) is 9.97 Å². The molecule has 0 bridgehead atoms. The van der Waals surface area contributed by atoms with Crippen LogP contribution in [0.3, 0.4) is 0 Å². The lowest BCUT2D eigenvalue weighted by Crippen LogP contribution is -2.39. The Balaban J connectivity index is 2.14. The van der Waals surface area contributed by atoms with Crippen molar-refractivity contribution in [2.75, 3.05) is 31.1 Å². The fraction of sp³-hybridized carbons (Fsp3) is 0.714. The van der Waals surface area contributed by atoms with Gasteiger partial charge in [-0.3, -0.25) is 0 Å². The van der Waals surface area contributed by atoms with E-state index in [-0.39, 0.29) is 6.61 Å². The quantitative estimate of drug-likeness (QED) is 0.799. The number of rotatable bonds is 6. The summed E-state index contributed by atoms with van der Waals surface area (Å²) >= 11 is 0. The van der Waals surface area contributed by atoms with Crippen LogP contribution < -0.4 is 10.2 Å². The van der Waals surface area contributed by atoms with Crippen molar-refractivity contribution in [3.8, 4) is 0 Å². The Morgan fingerprint density at radius 2 is 2.32 bits per heavy atom. The second-order valence-electron chi connectivity index (χ2n) is 5.08. The predicted molar refractivity (Wildman–Crippen MR) is 76.5 cm³/mol. The summed E-state index contributed by atoms with van der Waals surface area (Å²) in [6.07, 6.45) is 3.35. The number of nitrogens with zero attached hydrogens (tertiary/aromatic N) is 3. The third-order valence-corrected chi connectivity index (χ3v) is 3.54. The molecular weight excluding hydrogens is 240 g/mol. The molecule has 2 N–H and O–H groups in total. The number of aliphatic hydroxyl groups is 1. The molecule has 2 rings (SSSR count). The third-order valence-electron chi connectivity index (χ3n) is 3.54. The van der Waals surface area contributed by atoms with Gasteiger partial charge in [-0.1, -0.05) is 6.92 Å². The summed E-state index contributed by atoms with van der Waals surface area (Å²) in [5.41, 5.74) is 1.06. The van der Waals surface area contributed by atoms with Gasteiger partial charge in [0.1, 0.15) is 11.6 Å². The second-order valence-corrected chi connectivity index (χ2v) is 5.08. The summed E-state index contributed by atoms with van der Waals surface area (Å²) in [7, 11) is 0. The van der Waals surface area contributed by atoms with E-state index >= 15 is 0 Å². The summed E-state index contributed by atoms with van der Waals surface area (Å²) in [4.78, 5) is 11.1. The topological polar surface area (TPSA) is 61.3 Å². The highest BCUT2D eigenvalue weighted by atomic mass is 16.3. The summed E-state index contributed by atoms with van der Waals surface area (Å²) in [5.74, 6) is 1.74. The number of aliphatic hydroxyl groups excluding tert-OH is 1. The SMILES string of the molecule is CCc1cc(N(CCO)CC2CCCN2)nc(C)n1. The zero-order chi connectivity index (χ0) is 13.7. The van der Waals surface area contributed by atoms with Crippen LogP contribution in [0.15, 0.2) is 6.07 Å². The number of aryl methyl sites for hydroxylation is 2. The van der Waals surface area contributed by atoms with Crippen molar-refractivity contribution >= 4 is 5.82 Å². The maximum Gasteiger partial charge on any atom is 0.132 e. The van der Waals surface area contributed by atoms with Gasteiger partial charge in [-0.15, -0.1) is 0 Å². The average molecular weight is 264 g/mol. The molecule has 19 heavy (non-hydrogen) atoms. The Kier molecular flexibility index (Phi) is 5.10. The van der Waals surface area contributed by atoms with Gasteiger partial charge in [0.15, 0.2) is 0 Å². The molecule has 0 aliphatic carbocycles. The lowest BCUT2D eigenvalue weighted by atomic mass is 10.2. The Hall–Kier alpha value is -1.20. The lowest BCUT2D eigenvalue weighted by molar-refractivity contribution is 0.300. The van der Waals surface area contributed by atoms with Crippen LogP contribution in [0.25, 0.3) is 0 Å². The number of aromatic nitrogens is 2. The van der Waals surface area contributed by atoms with Crippen molar-refractivity contribution in [1.29, 1.82) is 0 Å². The highest BCUT2D eigenvalue weighted by Crippen LogP contribution is 2.16. The van der Waals surface area contributed by atoms with Crippen molar-refractivity contribution in [2.24, 2.45) is 0 Å². The van der Waals surface area contributed by atoms with E-state index in [4.69, 9.17) is 0 Å². The van der Waals surface area contributed by atoms with Crippen LogP contribution in [0.4, 0.5) is 5.82 Å². The van der Waals surface area contributed by atoms with Crippen LogP contribution in [0.5, 0.6) is 0 Å². The highest BCUT2D eigenvalue weighted by Gasteiger charge is 2.19. The summed E-state index contributed by atoms with van der Waals surface area (Å²) in [6.45, 7) is 6.80. The van der Waals surface area contributed by atoms with E-state index < -0.39 is 0 Å². The van der Waals surface area contributed by atoms with E-state index in [1.165, 1.54) is 12.8 Å². The fourth-order valence-electron chi connectivity index (χ4n) is 2.55. The molecule has 106 valence electrons. The van der Waals surface area contributed by atoms with E-state index in [1.54, 1.807) is 0 Å². The van der Waals surface area contributed by atoms with Gasteiger partial charge in [0.05, 0.1) is 6.61 Å². The molecule has 1 unspecified atom stereocenters. The molecule has 0 radical (unpaired) electrons. The van der Waals surface area contributed by atoms with Crippen LogP contribution in [-0.2, 0) is 6.42 Å². The molecule has 0 amide bonds. The minimum atomic E-state index is 0.150. The lowest BCUT2D eigenvalue weighted by Gasteiger charge is -2.26. The second kappa shape index (κ2) is 6.82. The van der Waals surface area contributed by atoms with E-state index in [1.807, 2.05) is 13.0 Å². The first-order chi connectivity index (χ1) is 9.22. The van der Waals surface area contributed by atoms with Crippen LogP contribution >= 0.6 is 0 Å². The third kappa shape index (κ3) is 3.88. The summed E-state index contributed by atoms with van der Waals surface area (Å²) in [6, 6.07) is 2.55. The van der Waals surface area contributed by atoms with Crippen molar-refractivity contribution in [3.05, 3.63) is 17.6 Å². The first-order valence-corrected chi connectivity index (χ1v) is 7.16. The van der Waals surface area contributed by atoms with Crippen LogP contribution in [-0.4, -0.2) is 47.4 Å². The normalized spacial score (nSPS) is 18.8. The Morgan fingerprint density at radius 1 is 1.47 bits per heavy atom. The van der Waals surface area contributed by atoms with Gasteiger partial charge in [-0.05, 0) is 32.7 Å². The molecule has 1 aromatic rings. The Labute approximate surface area is 115 Å². The monoisotopic (exact) mass is 264 g/mol. The molecule has 5 heteroatoms. The van der Waals surface area contributed by atoms with Crippen molar-refractivity contribution in [1.82, 2.24) is 15.3 Å². The standard InChI is InChI=1S/C14H24N4O/c1-3-12-9-14(17-11(2)16-12)18(7-8-19)10-13-5-4-6-15-13/h9,13,15,19H,3-8,10H2,1-2H3. The number of nitrogens with one attached hydrogen (secondary N) is 1. The first-order valence-electron chi connectivity index (χ1n) is 7.16. The van der Waals surface area contributed by atoms with Gasteiger partial charge < -0.3 is 15.3 Å². The molecule has 0 aromatic carbocycles. The first kappa shape index (κ1) is 14.2. The zero-order valence-corrected chi connectivity index (χ0v) is 11.9. The van der Waals surface area contributed by atoms with Gasteiger partial charge in [-0.2, -0.15) is 0 Å². The van der Waals surface area contributed by atoms with Gasteiger partial charge >= 0.3 is 0 Å². The van der Waals surface area contributed by atoms with Crippen LogP contribution in [0.2, 0.25) is 0 Å². The zero-order valence-electron chi connectivity index (χ0n) is 11.9. The summed E-state index contributed by atoms with van der Waals surface area (Å²) in [5, 5.41) is 12.8. The minimum absolute atomic E-state index is 0.150. The molecule has 1 aliphatic rings. The van der Waals surface area contributed by atoms with Gasteiger partial charge in [0.25, 0.3) is 0 Å². The molecule has 0 saturated carbocycles. The van der Waals surface area contributed by atoms with Crippen LogP contribution in [0, 0.1) is 6.92 Å². The van der Waals surface area contributed by atoms with E-state index in [2.05, 4.69) is 27.1 Å². The summed E-state index contributed by atoms with van der Waals surface area (Å²) < 4.78 is 0. The number of hydrogen-bond donors (Lipinski definition) is 2. The molecule has 5 nitrogen and oxygen atoms in total. The minimum Gasteiger partial charge on any atom is -0.395 e. The smallest absolute Gasteiger partial charge is 0.132 e. The van der Waals surface area contributed by atoms with E-state index in [9.17, 15) is 5.11 Å². The van der Waals surface area contributed by atoms with Crippen LogP contribution in [0.1, 0.15) is 31.3 Å². The molecule has 1 aromatic heterocycles. The maximum absolute atomic E-state index is 9.26. The molecule has 1 atom stereocenters. The molecule has 1 aliphatic heterocycles.